The van der Waals surface area contributed by atoms with Crippen molar-refractivity contribution in [3.05, 3.63) is 24.3 Å². The van der Waals surface area contributed by atoms with E-state index in [1.165, 1.54) is 12.1 Å². The summed E-state index contributed by atoms with van der Waals surface area (Å²) >= 11 is 0. The van der Waals surface area contributed by atoms with E-state index < -0.39 is 23.5 Å². The topological polar surface area (TPSA) is 49.8 Å². The van der Waals surface area contributed by atoms with E-state index in [-0.39, 0.29) is 5.75 Å². The first-order valence-corrected chi connectivity index (χ1v) is 6.66. The minimum absolute atomic E-state index is 0.299. The van der Waals surface area contributed by atoms with E-state index in [9.17, 15) is 22.5 Å². The Morgan fingerprint density at radius 2 is 1.95 bits per heavy atom. The Balaban J connectivity index is 2.04. The molecule has 2 rings (SSSR count). The molecule has 1 aromatic rings. The molecular formula is C11H12F3NO3S. The van der Waals surface area contributed by atoms with Gasteiger partial charge in [0.1, 0.15) is 16.7 Å². The van der Waals surface area contributed by atoms with Gasteiger partial charge in [-0.25, -0.2) is 8.51 Å². The molecule has 19 heavy (non-hydrogen) atoms. The van der Waals surface area contributed by atoms with E-state index >= 15 is 0 Å². The maximum atomic E-state index is 12.1. The van der Waals surface area contributed by atoms with Gasteiger partial charge in [0.05, 0.1) is 11.0 Å². The van der Waals surface area contributed by atoms with E-state index in [0.29, 0.717) is 24.4 Å². The number of rotatable bonds is 3. The van der Waals surface area contributed by atoms with Gasteiger partial charge in [0.25, 0.3) is 0 Å². The van der Waals surface area contributed by atoms with Crippen LogP contribution in [0.25, 0.3) is 0 Å². The molecule has 0 aromatic heterocycles. The highest BCUT2D eigenvalue weighted by molar-refractivity contribution is 7.82. The van der Waals surface area contributed by atoms with Gasteiger partial charge in [0.15, 0.2) is 0 Å². The summed E-state index contributed by atoms with van der Waals surface area (Å²) < 4.78 is 53.3. The number of hydrogen-bond acceptors (Lipinski definition) is 3. The van der Waals surface area contributed by atoms with Crippen molar-refractivity contribution in [2.75, 3.05) is 13.1 Å². The summed E-state index contributed by atoms with van der Waals surface area (Å²) in [6.07, 6.45) is -4.70. The number of halogens is 3. The van der Waals surface area contributed by atoms with Crippen molar-refractivity contribution in [2.45, 2.75) is 23.8 Å². The van der Waals surface area contributed by atoms with Crippen LogP contribution in [0.1, 0.15) is 6.42 Å². The number of hydrogen-bond donors (Lipinski definition) is 1. The molecule has 0 amide bonds. The number of aliphatic hydroxyl groups is 1. The van der Waals surface area contributed by atoms with E-state index in [4.69, 9.17) is 0 Å². The normalized spacial score (nSPS) is 22.4. The smallest absolute Gasteiger partial charge is 0.406 e. The van der Waals surface area contributed by atoms with Gasteiger partial charge in [-0.1, -0.05) is 0 Å². The molecular weight excluding hydrogens is 283 g/mol. The van der Waals surface area contributed by atoms with Crippen molar-refractivity contribution in [1.29, 1.82) is 0 Å². The highest BCUT2D eigenvalue weighted by Gasteiger charge is 2.31. The fourth-order valence-corrected chi connectivity index (χ4v) is 3.01. The van der Waals surface area contributed by atoms with Crippen LogP contribution in [0.15, 0.2) is 29.2 Å². The number of alkyl halides is 3. The molecule has 1 heterocycles. The molecule has 1 aromatic carbocycles. The first-order chi connectivity index (χ1) is 8.85. The van der Waals surface area contributed by atoms with Gasteiger partial charge in [-0.2, -0.15) is 0 Å². The van der Waals surface area contributed by atoms with Crippen LogP contribution in [-0.2, 0) is 11.0 Å². The maximum absolute atomic E-state index is 12.1. The lowest BCUT2D eigenvalue weighted by Gasteiger charge is -2.14. The van der Waals surface area contributed by atoms with Gasteiger partial charge in [-0.05, 0) is 30.7 Å². The quantitative estimate of drug-likeness (QED) is 0.923. The third-order valence-electron chi connectivity index (χ3n) is 2.62. The van der Waals surface area contributed by atoms with Crippen LogP contribution in [0.2, 0.25) is 0 Å². The average Bonchev–Trinajstić information content (AvgIpc) is 2.74. The lowest BCUT2D eigenvalue weighted by Crippen LogP contribution is -2.24. The summed E-state index contributed by atoms with van der Waals surface area (Å²) in [5, 5.41) is 9.35. The minimum Gasteiger partial charge on any atom is -0.406 e. The molecule has 0 bridgehead atoms. The zero-order chi connectivity index (χ0) is 14.0. The van der Waals surface area contributed by atoms with Crippen LogP contribution in [0.5, 0.6) is 5.75 Å². The van der Waals surface area contributed by atoms with Crippen molar-refractivity contribution < 1.29 is 27.2 Å². The van der Waals surface area contributed by atoms with Crippen LogP contribution in [0.3, 0.4) is 0 Å². The van der Waals surface area contributed by atoms with Crippen molar-refractivity contribution in [3.63, 3.8) is 0 Å². The van der Waals surface area contributed by atoms with E-state index in [2.05, 4.69) is 4.74 Å². The first-order valence-electron chi connectivity index (χ1n) is 5.56. The minimum atomic E-state index is -4.74. The van der Waals surface area contributed by atoms with E-state index in [1.54, 1.807) is 4.31 Å². The molecule has 4 nitrogen and oxygen atoms in total. The van der Waals surface area contributed by atoms with Crippen molar-refractivity contribution >= 4 is 11.0 Å². The third-order valence-corrected chi connectivity index (χ3v) is 4.10. The van der Waals surface area contributed by atoms with Crippen LogP contribution in [0, 0.1) is 0 Å². The van der Waals surface area contributed by atoms with Gasteiger partial charge in [0, 0.05) is 13.1 Å². The van der Waals surface area contributed by atoms with Gasteiger partial charge in [0.2, 0.25) is 0 Å². The number of benzene rings is 1. The molecule has 0 aliphatic carbocycles. The van der Waals surface area contributed by atoms with Gasteiger partial charge in [-0.15, -0.1) is 13.2 Å². The monoisotopic (exact) mass is 295 g/mol. The van der Waals surface area contributed by atoms with Crippen LogP contribution < -0.4 is 4.74 Å². The summed E-state index contributed by atoms with van der Waals surface area (Å²) in [5.41, 5.74) is 0. The number of nitrogens with zero attached hydrogens (tertiary/aromatic N) is 1. The summed E-state index contributed by atoms with van der Waals surface area (Å²) in [6.45, 7) is 0.794. The van der Waals surface area contributed by atoms with Gasteiger partial charge < -0.3 is 9.84 Å². The Morgan fingerprint density at radius 1 is 1.32 bits per heavy atom. The lowest BCUT2D eigenvalue weighted by atomic mass is 10.3. The molecule has 1 saturated heterocycles. The number of ether oxygens (including phenoxy) is 1. The summed E-state index contributed by atoms with van der Waals surface area (Å²) in [7, 11) is -1.47. The van der Waals surface area contributed by atoms with Crippen molar-refractivity contribution in [1.82, 2.24) is 4.31 Å². The zero-order valence-electron chi connectivity index (χ0n) is 9.76. The van der Waals surface area contributed by atoms with Crippen LogP contribution in [0.4, 0.5) is 13.2 Å². The second-order valence-corrected chi connectivity index (χ2v) is 5.58. The average molecular weight is 295 g/mol. The predicted molar refractivity (Wildman–Crippen MR) is 61.7 cm³/mol. The first kappa shape index (κ1) is 14.3. The molecule has 1 N–H and O–H groups in total. The fourth-order valence-electron chi connectivity index (χ4n) is 1.77. The zero-order valence-corrected chi connectivity index (χ0v) is 10.6. The molecule has 1 fully saturated rings. The van der Waals surface area contributed by atoms with Gasteiger partial charge in [-0.3, -0.25) is 0 Å². The molecule has 0 spiro atoms. The van der Waals surface area contributed by atoms with Crippen molar-refractivity contribution in [2.24, 2.45) is 0 Å². The number of aliphatic hydroxyl groups excluding tert-OH is 1. The SMILES string of the molecule is O=S(c1ccc(OC(F)(F)F)cc1)N1CC[C@H](O)C1. The Hall–Kier alpha value is -1.12. The molecule has 1 aliphatic heterocycles. The van der Waals surface area contributed by atoms with E-state index in [0.717, 1.165) is 12.1 Å². The largest absolute Gasteiger partial charge is 0.573 e. The molecule has 1 aliphatic rings. The Bertz CT molecular complexity index is 463. The molecule has 106 valence electrons. The third kappa shape index (κ3) is 3.92. The van der Waals surface area contributed by atoms with Crippen LogP contribution in [-0.4, -0.2) is 39.2 Å². The molecule has 0 radical (unpaired) electrons. The predicted octanol–water partition coefficient (Wildman–Crippen LogP) is 1.67. The molecule has 0 saturated carbocycles. The molecule has 1 unspecified atom stereocenters. The fraction of sp³-hybridized carbons (Fsp3) is 0.455. The summed E-state index contributed by atoms with van der Waals surface area (Å²) in [6, 6.07) is 4.88. The molecule has 8 heteroatoms. The highest BCUT2D eigenvalue weighted by atomic mass is 32.2. The second-order valence-electron chi connectivity index (χ2n) is 4.10. The summed E-state index contributed by atoms with van der Waals surface area (Å²) in [4.78, 5) is 0.378. The number of β-amino-alcohol motifs (C(OH)–C–C–N with tert-alkyl or cyclic N) is 1. The highest BCUT2D eigenvalue weighted by Crippen LogP contribution is 2.24. The Morgan fingerprint density at radius 3 is 2.42 bits per heavy atom. The van der Waals surface area contributed by atoms with Crippen LogP contribution >= 0.6 is 0 Å². The summed E-state index contributed by atoms with van der Waals surface area (Å²) in [5.74, 6) is -0.352. The standard InChI is InChI=1S/C11H12F3NO3S/c12-11(13,14)18-9-1-3-10(4-2-9)19(17)15-6-5-8(16)7-15/h1-4,8,16H,5-7H2/t8-,19?/m0/s1. The second kappa shape index (κ2) is 5.48. The van der Waals surface area contributed by atoms with Crippen molar-refractivity contribution in [3.8, 4) is 5.75 Å². The molecule has 2 atom stereocenters. The van der Waals surface area contributed by atoms with Gasteiger partial charge >= 0.3 is 6.36 Å². The Labute approximate surface area is 110 Å². The lowest BCUT2D eigenvalue weighted by molar-refractivity contribution is -0.274. The maximum Gasteiger partial charge on any atom is 0.573 e. The van der Waals surface area contributed by atoms with E-state index in [1.807, 2.05) is 0 Å². The Kier molecular flexibility index (Phi) is 4.12.